The normalized spacial score (nSPS) is 12.9. The summed E-state index contributed by atoms with van der Waals surface area (Å²) in [7, 11) is 0. The molecule has 0 aliphatic rings. The SMILES string of the molecule is Cc1ccc(Cl)c2cc(C(N)C(=O)O)[nH]c12. The molecule has 84 valence electrons. The molecule has 1 aromatic heterocycles. The summed E-state index contributed by atoms with van der Waals surface area (Å²) in [6, 6.07) is 4.28. The summed E-state index contributed by atoms with van der Waals surface area (Å²) in [4.78, 5) is 13.8. The lowest BCUT2D eigenvalue weighted by atomic mass is 10.1. The molecule has 4 nitrogen and oxygen atoms in total. The lowest BCUT2D eigenvalue weighted by molar-refractivity contribution is -0.138. The molecular formula is C11H11ClN2O2. The third-order valence-corrected chi connectivity index (χ3v) is 2.90. The van der Waals surface area contributed by atoms with E-state index in [1.807, 2.05) is 13.0 Å². The number of carboxylic acids is 1. The molecule has 4 N–H and O–H groups in total. The lowest BCUT2D eigenvalue weighted by Gasteiger charge is -2.01. The fourth-order valence-corrected chi connectivity index (χ4v) is 1.86. The smallest absolute Gasteiger partial charge is 0.326 e. The van der Waals surface area contributed by atoms with Gasteiger partial charge in [0, 0.05) is 16.1 Å². The van der Waals surface area contributed by atoms with Gasteiger partial charge in [0.15, 0.2) is 0 Å². The van der Waals surface area contributed by atoms with Crippen molar-refractivity contribution in [3.05, 3.63) is 34.5 Å². The molecule has 1 aromatic carbocycles. The minimum atomic E-state index is -1.07. The van der Waals surface area contributed by atoms with Gasteiger partial charge in [-0.3, -0.25) is 4.79 Å². The standard InChI is InChI=1S/C11H11ClN2O2/c1-5-2-3-7(12)6-4-8(14-10(5)6)9(13)11(15)16/h2-4,9,14H,13H2,1H3,(H,15,16). The summed E-state index contributed by atoms with van der Waals surface area (Å²) >= 11 is 6.02. The highest BCUT2D eigenvalue weighted by Gasteiger charge is 2.17. The van der Waals surface area contributed by atoms with Crippen LogP contribution in [-0.2, 0) is 4.79 Å². The molecule has 0 saturated heterocycles. The highest BCUT2D eigenvalue weighted by molar-refractivity contribution is 6.35. The molecule has 0 amide bonds. The van der Waals surface area contributed by atoms with Crippen molar-refractivity contribution in [3.8, 4) is 0 Å². The van der Waals surface area contributed by atoms with E-state index in [0.717, 1.165) is 16.5 Å². The number of carbonyl (C=O) groups is 1. The number of nitrogens with two attached hydrogens (primary N) is 1. The number of rotatable bonds is 2. The van der Waals surface area contributed by atoms with Gasteiger partial charge in [0.05, 0.1) is 5.52 Å². The van der Waals surface area contributed by atoms with Crippen LogP contribution in [0.4, 0.5) is 0 Å². The number of hydrogen-bond acceptors (Lipinski definition) is 2. The van der Waals surface area contributed by atoms with Crippen LogP contribution in [0.3, 0.4) is 0 Å². The Morgan fingerprint density at radius 3 is 2.81 bits per heavy atom. The quantitative estimate of drug-likeness (QED) is 0.751. The average Bonchev–Trinajstić information content (AvgIpc) is 2.68. The summed E-state index contributed by atoms with van der Waals surface area (Å²) in [5, 5.41) is 10.2. The monoisotopic (exact) mass is 238 g/mol. The van der Waals surface area contributed by atoms with E-state index < -0.39 is 12.0 Å². The van der Waals surface area contributed by atoms with Crippen LogP contribution in [-0.4, -0.2) is 16.1 Å². The van der Waals surface area contributed by atoms with Gasteiger partial charge >= 0.3 is 5.97 Å². The van der Waals surface area contributed by atoms with E-state index in [1.54, 1.807) is 12.1 Å². The number of benzene rings is 1. The Labute approximate surface area is 97.0 Å². The summed E-state index contributed by atoms with van der Waals surface area (Å²) in [6.45, 7) is 1.92. The van der Waals surface area contributed by atoms with Gasteiger partial charge in [0.2, 0.25) is 0 Å². The number of aromatic nitrogens is 1. The largest absolute Gasteiger partial charge is 0.480 e. The number of carboxylic acid groups (broad SMARTS) is 1. The molecule has 5 heteroatoms. The van der Waals surface area contributed by atoms with E-state index in [9.17, 15) is 4.79 Å². The van der Waals surface area contributed by atoms with Gasteiger partial charge in [-0.05, 0) is 24.6 Å². The number of nitrogens with one attached hydrogen (secondary N) is 1. The van der Waals surface area contributed by atoms with Crippen LogP contribution in [0.1, 0.15) is 17.3 Å². The van der Waals surface area contributed by atoms with Crippen LogP contribution >= 0.6 is 11.6 Å². The molecule has 0 radical (unpaired) electrons. The summed E-state index contributed by atoms with van der Waals surface area (Å²) in [5.74, 6) is -1.07. The van der Waals surface area contributed by atoms with E-state index in [0.29, 0.717) is 10.7 Å². The number of halogens is 1. The number of aromatic amines is 1. The zero-order valence-corrected chi connectivity index (χ0v) is 9.38. The first-order valence-corrected chi connectivity index (χ1v) is 5.14. The molecule has 1 heterocycles. The molecule has 16 heavy (non-hydrogen) atoms. The van der Waals surface area contributed by atoms with Gasteiger partial charge in [-0.25, -0.2) is 0 Å². The Hall–Kier alpha value is -1.52. The second kappa shape index (κ2) is 3.81. The predicted octanol–water partition coefficient (Wildman–Crippen LogP) is 2.21. The van der Waals surface area contributed by atoms with Crippen molar-refractivity contribution in [2.75, 3.05) is 0 Å². The van der Waals surface area contributed by atoms with Crippen molar-refractivity contribution >= 4 is 28.5 Å². The molecule has 0 fully saturated rings. The maximum absolute atomic E-state index is 10.8. The minimum Gasteiger partial charge on any atom is -0.480 e. The Balaban J connectivity index is 2.64. The maximum Gasteiger partial charge on any atom is 0.326 e. The van der Waals surface area contributed by atoms with Crippen molar-refractivity contribution in [2.45, 2.75) is 13.0 Å². The van der Waals surface area contributed by atoms with Gasteiger partial charge in [0.1, 0.15) is 6.04 Å². The van der Waals surface area contributed by atoms with Gasteiger partial charge in [-0.15, -0.1) is 0 Å². The third kappa shape index (κ3) is 1.66. The van der Waals surface area contributed by atoms with Crippen LogP contribution in [0.5, 0.6) is 0 Å². The number of aryl methyl sites for hydroxylation is 1. The number of H-pyrrole nitrogens is 1. The highest BCUT2D eigenvalue weighted by atomic mass is 35.5. The van der Waals surface area contributed by atoms with Crippen molar-refractivity contribution in [2.24, 2.45) is 5.73 Å². The van der Waals surface area contributed by atoms with Crippen molar-refractivity contribution < 1.29 is 9.90 Å². The zero-order chi connectivity index (χ0) is 11.9. The third-order valence-electron chi connectivity index (χ3n) is 2.57. The van der Waals surface area contributed by atoms with Crippen LogP contribution in [0.2, 0.25) is 5.02 Å². The zero-order valence-electron chi connectivity index (χ0n) is 8.62. The highest BCUT2D eigenvalue weighted by Crippen LogP contribution is 2.28. The van der Waals surface area contributed by atoms with Crippen LogP contribution < -0.4 is 5.73 Å². The van der Waals surface area contributed by atoms with Gasteiger partial charge < -0.3 is 15.8 Å². The van der Waals surface area contributed by atoms with E-state index in [1.165, 1.54) is 0 Å². The molecular weight excluding hydrogens is 228 g/mol. The van der Waals surface area contributed by atoms with Crippen LogP contribution in [0, 0.1) is 6.92 Å². The van der Waals surface area contributed by atoms with Crippen molar-refractivity contribution in [1.82, 2.24) is 4.98 Å². The first-order chi connectivity index (χ1) is 7.50. The summed E-state index contributed by atoms with van der Waals surface area (Å²) in [5.41, 5.74) is 7.82. The Bertz CT molecular complexity index is 523. The molecule has 0 saturated carbocycles. The first kappa shape index (κ1) is 11.0. The molecule has 2 aromatic rings. The number of hydrogen-bond donors (Lipinski definition) is 3. The molecule has 0 aliphatic carbocycles. The molecule has 0 bridgehead atoms. The van der Waals surface area contributed by atoms with E-state index in [2.05, 4.69) is 4.98 Å². The topological polar surface area (TPSA) is 79.1 Å². The van der Waals surface area contributed by atoms with E-state index in [4.69, 9.17) is 22.4 Å². The first-order valence-electron chi connectivity index (χ1n) is 4.77. The van der Waals surface area contributed by atoms with E-state index in [-0.39, 0.29) is 0 Å². The molecule has 0 spiro atoms. The molecule has 1 unspecified atom stereocenters. The van der Waals surface area contributed by atoms with Crippen molar-refractivity contribution in [1.29, 1.82) is 0 Å². The second-order valence-corrected chi connectivity index (χ2v) is 4.10. The van der Waals surface area contributed by atoms with Crippen LogP contribution in [0.15, 0.2) is 18.2 Å². The maximum atomic E-state index is 10.8. The van der Waals surface area contributed by atoms with Crippen molar-refractivity contribution in [3.63, 3.8) is 0 Å². The van der Waals surface area contributed by atoms with Crippen LogP contribution in [0.25, 0.3) is 10.9 Å². The fourth-order valence-electron chi connectivity index (χ4n) is 1.65. The Morgan fingerprint density at radius 2 is 2.25 bits per heavy atom. The Kier molecular flexibility index (Phi) is 2.61. The number of aliphatic carboxylic acids is 1. The molecule has 0 aliphatic heterocycles. The molecule has 1 atom stereocenters. The summed E-state index contributed by atoms with van der Waals surface area (Å²) in [6.07, 6.45) is 0. The Morgan fingerprint density at radius 1 is 1.56 bits per heavy atom. The average molecular weight is 239 g/mol. The fraction of sp³-hybridized carbons (Fsp3) is 0.182. The molecule has 2 rings (SSSR count). The van der Waals surface area contributed by atoms with Gasteiger partial charge in [0.25, 0.3) is 0 Å². The summed E-state index contributed by atoms with van der Waals surface area (Å²) < 4.78 is 0. The number of fused-ring (bicyclic) bond motifs is 1. The lowest BCUT2D eigenvalue weighted by Crippen LogP contribution is -2.20. The second-order valence-electron chi connectivity index (χ2n) is 3.69. The van der Waals surface area contributed by atoms with Gasteiger partial charge in [-0.1, -0.05) is 17.7 Å². The minimum absolute atomic E-state index is 0.457. The van der Waals surface area contributed by atoms with E-state index >= 15 is 0 Å². The predicted molar refractivity (Wildman–Crippen MR) is 62.6 cm³/mol. The van der Waals surface area contributed by atoms with Gasteiger partial charge in [-0.2, -0.15) is 0 Å².